The number of carbonyl (C=O) groups excluding carboxylic acids is 2. The van der Waals surface area contributed by atoms with Crippen LogP contribution in [-0.4, -0.2) is 31.6 Å². The number of esters is 1. The summed E-state index contributed by atoms with van der Waals surface area (Å²) in [6.07, 6.45) is 7.93. The largest absolute Gasteiger partial charge is 0.497 e. The highest BCUT2D eigenvalue weighted by Gasteiger charge is 2.31. The molecule has 0 saturated carbocycles. The summed E-state index contributed by atoms with van der Waals surface area (Å²) in [4.78, 5) is 24.1. The number of amides is 1. The van der Waals surface area contributed by atoms with Gasteiger partial charge in [0.25, 0.3) is 5.91 Å². The third-order valence-electron chi connectivity index (χ3n) is 5.09. The van der Waals surface area contributed by atoms with Gasteiger partial charge in [-0.05, 0) is 50.3 Å². The smallest absolute Gasteiger partial charge is 0.338 e. The average molecular weight is 388 g/mol. The SMILES string of the molecule is CCCCCCCNC(=O)c1ccc(CCCC2=C(OC)C(C)OC2=O)cc1. The van der Waals surface area contributed by atoms with Crippen molar-refractivity contribution in [2.45, 2.75) is 71.3 Å². The Labute approximate surface area is 168 Å². The van der Waals surface area contributed by atoms with Gasteiger partial charge < -0.3 is 14.8 Å². The number of rotatable bonds is 12. The van der Waals surface area contributed by atoms with Gasteiger partial charge in [-0.25, -0.2) is 4.79 Å². The number of ether oxygens (including phenoxy) is 2. The van der Waals surface area contributed by atoms with Crippen LogP contribution in [0.5, 0.6) is 0 Å². The summed E-state index contributed by atoms with van der Waals surface area (Å²) >= 11 is 0. The third-order valence-corrected chi connectivity index (χ3v) is 5.09. The molecule has 0 aliphatic carbocycles. The van der Waals surface area contributed by atoms with Crippen molar-refractivity contribution in [1.82, 2.24) is 5.32 Å². The molecule has 1 aromatic carbocycles. The molecule has 5 heteroatoms. The summed E-state index contributed by atoms with van der Waals surface area (Å²) in [6.45, 7) is 4.75. The molecule has 1 heterocycles. The predicted molar refractivity (Wildman–Crippen MR) is 110 cm³/mol. The van der Waals surface area contributed by atoms with Crippen molar-refractivity contribution in [3.63, 3.8) is 0 Å². The van der Waals surface area contributed by atoms with Gasteiger partial charge in [-0.15, -0.1) is 0 Å². The van der Waals surface area contributed by atoms with Crippen LogP contribution in [0.15, 0.2) is 35.6 Å². The highest BCUT2D eigenvalue weighted by Crippen LogP contribution is 2.26. The van der Waals surface area contributed by atoms with Crippen LogP contribution in [0.3, 0.4) is 0 Å². The Morgan fingerprint density at radius 2 is 1.79 bits per heavy atom. The lowest BCUT2D eigenvalue weighted by atomic mass is 10.0. The van der Waals surface area contributed by atoms with Gasteiger partial charge in [-0.3, -0.25) is 4.79 Å². The molecule has 1 aromatic rings. The summed E-state index contributed by atoms with van der Waals surface area (Å²) in [5.74, 6) is 0.359. The maximum Gasteiger partial charge on any atom is 0.338 e. The topological polar surface area (TPSA) is 64.6 Å². The molecule has 1 aliphatic rings. The first-order valence-corrected chi connectivity index (χ1v) is 10.4. The molecule has 0 aromatic heterocycles. The fourth-order valence-corrected chi connectivity index (χ4v) is 3.47. The van der Waals surface area contributed by atoms with Crippen LogP contribution in [0.25, 0.3) is 0 Å². The molecule has 154 valence electrons. The molecule has 5 nitrogen and oxygen atoms in total. The lowest BCUT2D eigenvalue weighted by molar-refractivity contribution is -0.139. The minimum Gasteiger partial charge on any atom is -0.497 e. The van der Waals surface area contributed by atoms with Gasteiger partial charge in [0.15, 0.2) is 6.10 Å². The van der Waals surface area contributed by atoms with E-state index in [1.165, 1.54) is 25.7 Å². The van der Waals surface area contributed by atoms with Gasteiger partial charge in [0, 0.05) is 12.1 Å². The highest BCUT2D eigenvalue weighted by atomic mass is 16.6. The van der Waals surface area contributed by atoms with Crippen molar-refractivity contribution >= 4 is 11.9 Å². The number of nitrogens with one attached hydrogen (secondary N) is 1. The molecule has 1 amide bonds. The summed E-state index contributed by atoms with van der Waals surface area (Å²) in [7, 11) is 1.57. The summed E-state index contributed by atoms with van der Waals surface area (Å²) in [5.41, 5.74) is 2.48. The fraction of sp³-hybridized carbons (Fsp3) is 0.565. The van der Waals surface area contributed by atoms with Crippen molar-refractivity contribution in [3.8, 4) is 0 Å². The van der Waals surface area contributed by atoms with Crippen LogP contribution in [0.4, 0.5) is 0 Å². The minimum absolute atomic E-state index is 0.0142. The quantitative estimate of drug-likeness (QED) is 0.422. The Bertz CT molecular complexity index is 678. The third kappa shape index (κ3) is 6.39. The maximum atomic E-state index is 12.2. The second-order valence-corrected chi connectivity index (χ2v) is 7.32. The van der Waals surface area contributed by atoms with Gasteiger partial charge in [0.05, 0.1) is 12.7 Å². The number of unbranched alkanes of at least 4 members (excludes halogenated alkanes) is 4. The Hall–Kier alpha value is -2.30. The van der Waals surface area contributed by atoms with E-state index in [-0.39, 0.29) is 18.0 Å². The van der Waals surface area contributed by atoms with E-state index in [1.807, 2.05) is 31.2 Å². The van der Waals surface area contributed by atoms with E-state index in [0.29, 0.717) is 23.3 Å². The molecule has 0 saturated heterocycles. The second kappa shape index (κ2) is 11.5. The summed E-state index contributed by atoms with van der Waals surface area (Å²) < 4.78 is 10.5. The molecule has 28 heavy (non-hydrogen) atoms. The van der Waals surface area contributed by atoms with Gasteiger partial charge in [-0.1, -0.05) is 44.7 Å². The molecule has 1 aliphatic heterocycles. The zero-order chi connectivity index (χ0) is 20.4. The number of methoxy groups -OCH3 is 1. The fourth-order valence-electron chi connectivity index (χ4n) is 3.47. The number of aryl methyl sites for hydroxylation is 1. The van der Waals surface area contributed by atoms with Crippen molar-refractivity contribution < 1.29 is 19.1 Å². The zero-order valence-electron chi connectivity index (χ0n) is 17.4. The average Bonchev–Trinajstić information content (AvgIpc) is 2.97. The van der Waals surface area contributed by atoms with Crippen molar-refractivity contribution in [3.05, 3.63) is 46.7 Å². The van der Waals surface area contributed by atoms with E-state index in [2.05, 4.69) is 12.2 Å². The highest BCUT2D eigenvalue weighted by molar-refractivity contribution is 5.94. The van der Waals surface area contributed by atoms with Crippen LogP contribution >= 0.6 is 0 Å². The molecule has 0 spiro atoms. The van der Waals surface area contributed by atoms with Crippen LogP contribution in [0.2, 0.25) is 0 Å². The molecule has 0 fully saturated rings. The maximum absolute atomic E-state index is 12.2. The molecule has 1 N–H and O–H groups in total. The van der Waals surface area contributed by atoms with E-state index in [0.717, 1.165) is 31.4 Å². The van der Waals surface area contributed by atoms with Crippen molar-refractivity contribution in [1.29, 1.82) is 0 Å². The number of hydrogen-bond donors (Lipinski definition) is 1. The first kappa shape index (κ1) is 22.0. The van der Waals surface area contributed by atoms with E-state index in [4.69, 9.17) is 9.47 Å². The lowest BCUT2D eigenvalue weighted by Gasteiger charge is -2.07. The molecule has 1 atom stereocenters. The first-order valence-electron chi connectivity index (χ1n) is 10.4. The number of carbonyl (C=O) groups is 2. The van der Waals surface area contributed by atoms with Gasteiger partial charge in [0.1, 0.15) is 5.76 Å². The Kier molecular flexibility index (Phi) is 9.05. The minimum atomic E-state index is -0.294. The number of hydrogen-bond acceptors (Lipinski definition) is 4. The molecule has 0 radical (unpaired) electrons. The monoisotopic (exact) mass is 387 g/mol. The van der Waals surface area contributed by atoms with E-state index >= 15 is 0 Å². The zero-order valence-corrected chi connectivity index (χ0v) is 17.4. The van der Waals surface area contributed by atoms with Gasteiger partial charge in [-0.2, -0.15) is 0 Å². The Morgan fingerprint density at radius 3 is 2.46 bits per heavy atom. The van der Waals surface area contributed by atoms with E-state index in [1.54, 1.807) is 7.11 Å². The predicted octanol–water partition coefficient (Wildman–Crippen LogP) is 4.56. The summed E-state index contributed by atoms with van der Waals surface area (Å²) in [6, 6.07) is 7.70. The van der Waals surface area contributed by atoms with Crippen molar-refractivity contribution in [2.24, 2.45) is 0 Å². The van der Waals surface area contributed by atoms with Crippen molar-refractivity contribution in [2.75, 3.05) is 13.7 Å². The van der Waals surface area contributed by atoms with Crippen LogP contribution < -0.4 is 5.32 Å². The van der Waals surface area contributed by atoms with Gasteiger partial charge >= 0.3 is 5.97 Å². The van der Waals surface area contributed by atoms with Crippen LogP contribution in [0.1, 0.15) is 74.7 Å². The molecular weight excluding hydrogens is 354 g/mol. The van der Waals surface area contributed by atoms with Crippen LogP contribution in [-0.2, 0) is 20.7 Å². The molecule has 1 unspecified atom stereocenters. The molecule has 2 rings (SSSR count). The second-order valence-electron chi connectivity index (χ2n) is 7.32. The standard InChI is InChI=1S/C23H33NO4/c1-4-5-6-7-8-16-24-22(25)19-14-12-18(13-15-19)10-9-11-20-21(27-3)17(2)28-23(20)26/h12-15,17H,4-11,16H2,1-3H3,(H,24,25). The van der Waals surface area contributed by atoms with E-state index < -0.39 is 0 Å². The van der Waals surface area contributed by atoms with E-state index in [9.17, 15) is 9.59 Å². The van der Waals surface area contributed by atoms with Crippen LogP contribution in [0, 0.1) is 0 Å². The summed E-state index contributed by atoms with van der Waals surface area (Å²) in [5, 5.41) is 2.99. The molecule has 0 bridgehead atoms. The number of benzene rings is 1. The first-order chi connectivity index (χ1) is 13.6. The lowest BCUT2D eigenvalue weighted by Crippen LogP contribution is -2.24. The Balaban J connectivity index is 1.74. The number of cyclic esters (lactones) is 1. The van der Waals surface area contributed by atoms with Gasteiger partial charge in [0.2, 0.25) is 0 Å². The Morgan fingerprint density at radius 1 is 1.07 bits per heavy atom. The molecular formula is C23H33NO4. The normalized spacial score (nSPS) is 16.2.